The van der Waals surface area contributed by atoms with E-state index in [-0.39, 0.29) is 0 Å². The van der Waals surface area contributed by atoms with Crippen LogP contribution in [0.3, 0.4) is 0 Å². The lowest BCUT2D eigenvalue weighted by Crippen LogP contribution is -2.36. The van der Waals surface area contributed by atoms with Gasteiger partial charge in [0, 0.05) is 28.3 Å². The fourth-order valence-corrected chi connectivity index (χ4v) is 4.70. The molecule has 2 aromatic rings. The summed E-state index contributed by atoms with van der Waals surface area (Å²) in [7, 11) is 0. The van der Waals surface area contributed by atoms with Crippen LogP contribution in [0.15, 0.2) is 35.0 Å². The molecule has 0 spiro atoms. The Bertz CT molecular complexity index is 511. The average molecular weight is 303 g/mol. The van der Waals surface area contributed by atoms with Gasteiger partial charge in [-0.2, -0.15) is 0 Å². The van der Waals surface area contributed by atoms with Gasteiger partial charge in [0.25, 0.3) is 0 Å². The third-order valence-corrected chi connectivity index (χ3v) is 6.41. The van der Waals surface area contributed by atoms with E-state index in [0.717, 1.165) is 24.3 Å². The van der Waals surface area contributed by atoms with Crippen LogP contribution in [0.4, 0.5) is 0 Å². The molecule has 0 radical (unpaired) electrons. The standard InChI is InChI=1S/C17H21NS2/c1-3-14(19-9-1)11-15(16-4-2-10-20-16)18-17(12-5-6-12)13-7-8-13/h1-4,9-10,12-13,15,17-18H,5-8,11H2. The second-order valence-corrected chi connectivity index (χ2v) is 8.23. The molecule has 0 amide bonds. The summed E-state index contributed by atoms with van der Waals surface area (Å²) >= 11 is 3.79. The second-order valence-electron chi connectivity index (χ2n) is 6.22. The molecule has 0 saturated heterocycles. The van der Waals surface area contributed by atoms with Gasteiger partial charge in [0.1, 0.15) is 0 Å². The fraction of sp³-hybridized carbons (Fsp3) is 0.529. The molecule has 3 heteroatoms. The summed E-state index contributed by atoms with van der Waals surface area (Å²) < 4.78 is 0. The number of hydrogen-bond acceptors (Lipinski definition) is 3. The van der Waals surface area contributed by atoms with Crippen molar-refractivity contribution < 1.29 is 0 Å². The summed E-state index contributed by atoms with van der Waals surface area (Å²) in [6, 6.07) is 10.2. The molecule has 2 heterocycles. The molecule has 4 rings (SSSR count). The van der Waals surface area contributed by atoms with Crippen molar-refractivity contribution in [2.45, 2.75) is 44.2 Å². The van der Waals surface area contributed by atoms with Crippen molar-refractivity contribution in [1.29, 1.82) is 0 Å². The van der Waals surface area contributed by atoms with Crippen LogP contribution in [0.5, 0.6) is 0 Å². The Morgan fingerprint density at radius 2 is 1.70 bits per heavy atom. The third-order valence-electron chi connectivity index (χ3n) is 4.53. The molecule has 0 bridgehead atoms. The Labute approximate surface area is 129 Å². The van der Waals surface area contributed by atoms with E-state index in [0.29, 0.717) is 6.04 Å². The topological polar surface area (TPSA) is 12.0 Å². The molecular formula is C17H21NS2. The van der Waals surface area contributed by atoms with Gasteiger partial charge >= 0.3 is 0 Å². The molecule has 2 saturated carbocycles. The zero-order valence-electron chi connectivity index (χ0n) is 11.6. The molecular weight excluding hydrogens is 282 g/mol. The molecule has 1 N–H and O–H groups in total. The van der Waals surface area contributed by atoms with E-state index in [9.17, 15) is 0 Å². The van der Waals surface area contributed by atoms with Gasteiger partial charge in [0.05, 0.1) is 0 Å². The summed E-state index contributed by atoms with van der Waals surface area (Å²) in [5, 5.41) is 8.44. The van der Waals surface area contributed by atoms with Crippen molar-refractivity contribution in [2.75, 3.05) is 0 Å². The summed E-state index contributed by atoms with van der Waals surface area (Å²) in [6.07, 6.45) is 6.94. The van der Waals surface area contributed by atoms with Crippen LogP contribution in [0, 0.1) is 11.8 Å². The summed E-state index contributed by atoms with van der Waals surface area (Å²) in [5.74, 6) is 1.93. The van der Waals surface area contributed by atoms with Gasteiger partial charge in [-0.25, -0.2) is 0 Å². The first-order valence-corrected chi connectivity index (χ1v) is 9.48. The Morgan fingerprint density at radius 1 is 1.00 bits per heavy atom. The van der Waals surface area contributed by atoms with Crippen molar-refractivity contribution in [3.05, 3.63) is 44.8 Å². The zero-order valence-corrected chi connectivity index (χ0v) is 13.3. The van der Waals surface area contributed by atoms with Crippen molar-refractivity contribution in [3.8, 4) is 0 Å². The highest BCUT2D eigenvalue weighted by atomic mass is 32.1. The molecule has 2 aliphatic carbocycles. The Morgan fingerprint density at radius 3 is 2.25 bits per heavy atom. The molecule has 1 atom stereocenters. The zero-order chi connectivity index (χ0) is 13.4. The normalized spacial score (nSPS) is 20.4. The minimum absolute atomic E-state index is 0.514. The fourth-order valence-electron chi connectivity index (χ4n) is 3.16. The highest BCUT2D eigenvalue weighted by molar-refractivity contribution is 7.10. The minimum Gasteiger partial charge on any atom is -0.306 e. The van der Waals surface area contributed by atoms with Crippen LogP contribution in [0.1, 0.15) is 41.5 Å². The van der Waals surface area contributed by atoms with Gasteiger partial charge in [-0.05, 0) is 60.4 Å². The Hall–Kier alpha value is -0.640. The molecule has 2 fully saturated rings. The first-order chi connectivity index (χ1) is 9.90. The predicted octanol–water partition coefficient (Wildman–Crippen LogP) is 4.87. The van der Waals surface area contributed by atoms with Crippen LogP contribution in [-0.2, 0) is 6.42 Å². The van der Waals surface area contributed by atoms with E-state index in [1.54, 1.807) is 0 Å². The third kappa shape index (κ3) is 3.00. The quantitative estimate of drug-likeness (QED) is 0.769. The van der Waals surface area contributed by atoms with Gasteiger partial charge < -0.3 is 5.32 Å². The van der Waals surface area contributed by atoms with Gasteiger partial charge in [-0.15, -0.1) is 22.7 Å². The summed E-state index contributed by atoms with van der Waals surface area (Å²) in [5.41, 5.74) is 0. The second kappa shape index (κ2) is 5.63. The van der Waals surface area contributed by atoms with Gasteiger partial charge in [0.15, 0.2) is 0 Å². The van der Waals surface area contributed by atoms with E-state index in [1.165, 1.54) is 35.4 Å². The first kappa shape index (κ1) is 13.1. The Balaban J connectivity index is 1.51. The highest BCUT2D eigenvalue weighted by Gasteiger charge is 2.42. The predicted molar refractivity (Wildman–Crippen MR) is 87.5 cm³/mol. The van der Waals surface area contributed by atoms with Crippen molar-refractivity contribution in [1.82, 2.24) is 5.32 Å². The minimum atomic E-state index is 0.514. The Kier molecular flexibility index (Phi) is 3.67. The molecule has 0 aliphatic heterocycles. The molecule has 1 nitrogen and oxygen atoms in total. The van der Waals surface area contributed by atoms with Crippen LogP contribution in [-0.4, -0.2) is 6.04 Å². The van der Waals surface area contributed by atoms with E-state index < -0.39 is 0 Å². The van der Waals surface area contributed by atoms with Gasteiger partial charge in [-0.3, -0.25) is 0 Å². The monoisotopic (exact) mass is 303 g/mol. The molecule has 2 aromatic heterocycles. The van der Waals surface area contributed by atoms with Gasteiger partial charge in [-0.1, -0.05) is 12.1 Å². The lowest BCUT2D eigenvalue weighted by atomic mass is 10.0. The average Bonchev–Trinajstić information content (AvgIpc) is 3.37. The SMILES string of the molecule is c1csc(CC(NC(C2CC2)C2CC2)c2cccs2)c1. The number of rotatable bonds is 7. The van der Waals surface area contributed by atoms with Crippen molar-refractivity contribution >= 4 is 22.7 Å². The summed E-state index contributed by atoms with van der Waals surface area (Å²) in [4.78, 5) is 3.01. The van der Waals surface area contributed by atoms with Crippen LogP contribution >= 0.6 is 22.7 Å². The van der Waals surface area contributed by atoms with E-state index >= 15 is 0 Å². The molecule has 20 heavy (non-hydrogen) atoms. The maximum Gasteiger partial charge on any atom is 0.0465 e. The van der Waals surface area contributed by atoms with Gasteiger partial charge in [0.2, 0.25) is 0 Å². The van der Waals surface area contributed by atoms with Crippen LogP contribution < -0.4 is 5.32 Å². The lowest BCUT2D eigenvalue weighted by Gasteiger charge is -2.25. The number of hydrogen-bond donors (Lipinski definition) is 1. The van der Waals surface area contributed by atoms with Crippen LogP contribution in [0.2, 0.25) is 0 Å². The lowest BCUT2D eigenvalue weighted by molar-refractivity contribution is 0.367. The van der Waals surface area contributed by atoms with Crippen molar-refractivity contribution in [2.24, 2.45) is 11.8 Å². The molecule has 1 unspecified atom stereocenters. The molecule has 2 aliphatic rings. The summed E-state index contributed by atoms with van der Waals surface area (Å²) in [6.45, 7) is 0. The number of nitrogens with one attached hydrogen (secondary N) is 1. The van der Waals surface area contributed by atoms with Crippen molar-refractivity contribution in [3.63, 3.8) is 0 Å². The molecule has 0 aromatic carbocycles. The smallest absolute Gasteiger partial charge is 0.0465 e. The highest BCUT2D eigenvalue weighted by Crippen LogP contribution is 2.45. The van der Waals surface area contributed by atoms with E-state index in [2.05, 4.69) is 40.3 Å². The maximum atomic E-state index is 4.04. The molecule has 106 valence electrons. The van der Waals surface area contributed by atoms with E-state index in [4.69, 9.17) is 0 Å². The maximum absolute atomic E-state index is 4.04. The largest absolute Gasteiger partial charge is 0.306 e. The van der Waals surface area contributed by atoms with Crippen LogP contribution in [0.25, 0.3) is 0 Å². The van der Waals surface area contributed by atoms with E-state index in [1.807, 2.05) is 22.7 Å². The first-order valence-electron chi connectivity index (χ1n) is 7.72. The number of thiophene rings is 2.